The summed E-state index contributed by atoms with van der Waals surface area (Å²) in [5.41, 5.74) is 1.30. The molecule has 0 aliphatic carbocycles. The Labute approximate surface area is 155 Å². The van der Waals surface area contributed by atoms with Crippen molar-refractivity contribution in [2.24, 2.45) is 0 Å². The summed E-state index contributed by atoms with van der Waals surface area (Å²) in [6.45, 7) is 5.33. The van der Waals surface area contributed by atoms with Crippen LogP contribution in [0.2, 0.25) is 0 Å². The SMILES string of the molecule is CCN(CC)c1nc(Nc2ccc(F)c(F)c2F)cc(-c2ccccc2)n1. The summed E-state index contributed by atoms with van der Waals surface area (Å²) < 4.78 is 40.7. The number of anilines is 3. The van der Waals surface area contributed by atoms with Crippen molar-refractivity contribution in [3.63, 3.8) is 0 Å². The van der Waals surface area contributed by atoms with Crippen LogP contribution in [0.1, 0.15) is 13.8 Å². The predicted molar refractivity (Wildman–Crippen MR) is 101 cm³/mol. The zero-order chi connectivity index (χ0) is 19.4. The van der Waals surface area contributed by atoms with E-state index in [9.17, 15) is 13.2 Å². The molecule has 7 heteroatoms. The van der Waals surface area contributed by atoms with Crippen LogP contribution in [0.5, 0.6) is 0 Å². The van der Waals surface area contributed by atoms with Gasteiger partial charge in [0.2, 0.25) is 5.95 Å². The molecule has 0 amide bonds. The number of aromatic nitrogens is 2. The molecule has 0 fully saturated rings. The topological polar surface area (TPSA) is 41.1 Å². The smallest absolute Gasteiger partial charge is 0.227 e. The van der Waals surface area contributed by atoms with E-state index in [2.05, 4.69) is 15.3 Å². The van der Waals surface area contributed by atoms with E-state index < -0.39 is 17.5 Å². The normalized spacial score (nSPS) is 10.7. The van der Waals surface area contributed by atoms with Crippen molar-refractivity contribution in [3.8, 4) is 11.3 Å². The van der Waals surface area contributed by atoms with Crippen LogP contribution in [0, 0.1) is 17.5 Å². The molecule has 0 aliphatic rings. The maximum absolute atomic E-state index is 14.0. The molecule has 0 atom stereocenters. The van der Waals surface area contributed by atoms with E-state index in [0.717, 1.165) is 17.7 Å². The van der Waals surface area contributed by atoms with Gasteiger partial charge in [0.15, 0.2) is 17.5 Å². The van der Waals surface area contributed by atoms with Crippen molar-refractivity contribution < 1.29 is 13.2 Å². The third kappa shape index (κ3) is 4.02. The molecule has 0 unspecified atom stereocenters. The van der Waals surface area contributed by atoms with Crippen molar-refractivity contribution in [1.29, 1.82) is 0 Å². The Hall–Kier alpha value is -3.09. The Morgan fingerprint density at radius 3 is 2.26 bits per heavy atom. The molecule has 3 aromatic rings. The summed E-state index contributed by atoms with van der Waals surface area (Å²) in [5.74, 6) is -3.31. The first-order chi connectivity index (χ1) is 13.0. The van der Waals surface area contributed by atoms with Gasteiger partial charge in [0.1, 0.15) is 5.82 Å². The second kappa shape index (κ2) is 8.07. The van der Waals surface area contributed by atoms with Crippen LogP contribution in [-0.2, 0) is 0 Å². The lowest BCUT2D eigenvalue weighted by Crippen LogP contribution is -2.24. The van der Waals surface area contributed by atoms with Gasteiger partial charge in [-0.3, -0.25) is 0 Å². The quantitative estimate of drug-likeness (QED) is 0.608. The van der Waals surface area contributed by atoms with E-state index in [-0.39, 0.29) is 11.5 Å². The molecule has 1 aromatic heterocycles. The van der Waals surface area contributed by atoms with Crippen LogP contribution in [0.4, 0.5) is 30.6 Å². The van der Waals surface area contributed by atoms with Crippen LogP contribution in [-0.4, -0.2) is 23.1 Å². The van der Waals surface area contributed by atoms with Crippen molar-refractivity contribution in [2.45, 2.75) is 13.8 Å². The lowest BCUT2D eigenvalue weighted by atomic mass is 10.1. The maximum atomic E-state index is 14.0. The monoisotopic (exact) mass is 372 g/mol. The minimum absolute atomic E-state index is 0.197. The summed E-state index contributed by atoms with van der Waals surface area (Å²) >= 11 is 0. The van der Waals surface area contributed by atoms with Gasteiger partial charge in [0.25, 0.3) is 0 Å². The molecule has 0 radical (unpaired) electrons. The number of hydrogen-bond donors (Lipinski definition) is 1. The highest BCUT2D eigenvalue weighted by Crippen LogP contribution is 2.27. The number of nitrogens with zero attached hydrogens (tertiary/aromatic N) is 3. The van der Waals surface area contributed by atoms with Crippen LogP contribution in [0.25, 0.3) is 11.3 Å². The second-order valence-electron chi connectivity index (χ2n) is 5.82. The number of halogens is 3. The molecular weight excluding hydrogens is 353 g/mol. The third-order valence-electron chi connectivity index (χ3n) is 4.13. The zero-order valence-corrected chi connectivity index (χ0v) is 15.0. The van der Waals surface area contributed by atoms with Gasteiger partial charge in [-0.1, -0.05) is 30.3 Å². The first-order valence-corrected chi connectivity index (χ1v) is 8.63. The number of benzene rings is 2. The van der Waals surface area contributed by atoms with Crippen molar-refractivity contribution in [1.82, 2.24) is 9.97 Å². The van der Waals surface area contributed by atoms with Gasteiger partial charge in [-0.2, -0.15) is 4.98 Å². The lowest BCUT2D eigenvalue weighted by molar-refractivity contribution is 0.449. The zero-order valence-electron chi connectivity index (χ0n) is 15.0. The fraction of sp³-hybridized carbons (Fsp3) is 0.200. The molecule has 1 N–H and O–H groups in total. The summed E-state index contributed by atoms with van der Waals surface area (Å²) in [5, 5.41) is 2.73. The number of rotatable bonds is 6. The summed E-state index contributed by atoms with van der Waals surface area (Å²) in [6, 6.07) is 13.1. The van der Waals surface area contributed by atoms with Gasteiger partial charge in [-0.25, -0.2) is 18.2 Å². The van der Waals surface area contributed by atoms with Crippen LogP contribution in [0.15, 0.2) is 48.5 Å². The number of hydrogen-bond acceptors (Lipinski definition) is 4. The maximum Gasteiger partial charge on any atom is 0.227 e. The fourth-order valence-electron chi connectivity index (χ4n) is 2.66. The molecule has 4 nitrogen and oxygen atoms in total. The molecule has 0 saturated heterocycles. The molecule has 0 bridgehead atoms. The predicted octanol–water partition coefficient (Wildman–Crippen LogP) is 5.15. The van der Waals surface area contributed by atoms with Gasteiger partial charge in [0.05, 0.1) is 11.4 Å². The second-order valence-corrected chi connectivity index (χ2v) is 5.82. The summed E-state index contributed by atoms with van der Waals surface area (Å²) in [6.07, 6.45) is 0. The number of nitrogens with one attached hydrogen (secondary N) is 1. The average Bonchev–Trinajstić information content (AvgIpc) is 2.70. The van der Waals surface area contributed by atoms with Crippen molar-refractivity contribution in [3.05, 3.63) is 66.0 Å². The van der Waals surface area contributed by atoms with Gasteiger partial charge < -0.3 is 10.2 Å². The van der Waals surface area contributed by atoms with E-state index >= 15 is 0 Å². The molecule has 0 aliphatic heterocycles. The molecule has 140 valence electrons. The van der Waals surface area contributed by atoms with E-state index in [1.54, 1.807) is 6.07 Å². The lowest BCUT2D eigenvalue weighted by Gasteiger charge is -2.20. The van der Waals surface area contributed by atoms with E-state index in [1.807, 2.05) is 49.1 Å². The minimum Gasteiger partial charge on any atom is -0.341 e. The Kier molecular flexibility index (Phi) is 5.59. The third-order valence-corrected chi connectivity index (χ3v) is 4.13. The summed E-state index contributed by atoms with van der Waals surface area (Å²) in [4.78, 5) is 10.9. The van der Waals surface area contributed by atoms with E-state index in [1.165, 1.54) is 0 Å². The Morgan fingerprint density at radius 2 is 1.59 bits per heavy atom. The van der Waals surface area contributed by atoms with Crippen molar-refractivity contribution >= 4 is 17.5 Å². The van der Waals surface area contributed by atoms with Gasteiger partial charge in [-0.15, -0.1) is 0 Å². The van der Waals surface area contributed by atoms with Crippen LogP contribution >= 0.6 is 0 Å². The summed E-state index contributed by atoms with van der Waals surface area (Å²) in [7, 11) is 0. The van der Waals surface area contributed by atoms with Crippen LogP contribution in [0.3, 0.4) is 0 Å². The molecule has 0 spiro atoms. The Bertz CT molecular complexity index is 928. The molecular formula is C20H19F3N4. The fourth-order valence-corrected chi connectivity index (χ4v) is 2.66. The van der Waals surface area contributed by atoms with Crippen molar-refractivity contribution in [2.75, 3.05) is 23.3 Å². The van der Waals surface area contributed by atoms with E-state index in [4.69, 9.17) is 0 Å². The highest BCUT2D eigenvalue weighted by Gasteiger charge is 2.16. The molecule has 0 saturated carbocycles. The Balaban J connectivity index is 2.06. The minimum atomic E-state index is -1.53. The molecule has 2 aromatic carbocycles. The van der Waals surface area contributed by atoms with E-state index in [0.29, 0.717) is 24.7 Å². The average molecular weight is 372 g/mol. The first-order valence-electron chi connectivity index (χ1n) is 8.63. The molecule has 1 heterocycles. The van der Waals surface area contributed by atoms with Crippen LogP contribution < -0.4 is 10.2 Å². The van der Waals surface area contributed by atoms with Gasteiger partial charge in [-0.05, 0) is 26.0 Å². The molecule has 27 heavy (non-hydrogen) atoms. The highest BCUT2D eigenvalue weighted by atomic mass is 19.2. The first kappa shape index (κ1) is 18.7. The standard InChI is InChI=1S/C20H19F3N4/c1-3-27(4-2)20-25-16(13-8-6-5-7-9-13)12-17(26-20)24-15-11-10-14(21)18(22)19(15)23/h5-12H,3-4H2,1-2H3,(H,24,25,26). The Morgan fingerprint density at radius 1 is 0.889 bits per heavy atom. The highest BCUT2D eigenvalue weighted by molar-refractivity contribution is 5.67. The molecule has 3 rings (SSSR count). The van der Waals surface area contributed by atoms with Gasteiger partial charge in [0, 0.05) is 24.7 Å². The largest absolute Gasteiger partial charge is 0.341 e. The van der Waals surface area contributed by atoms with Gasteiger partial charge >= 0.3 is 0 Å².